The largest absolute Gasteiger partial charge is 0.494 e. The quantitative estimate of drug-likeness (QED) is 0.599. The Morgan fingerprint density at radius 1 is 0.688 bits per heavy atom. The molecule has 0 N–H and O–H groups in total. The summed E-state index contributed by atoms with van der Waals surface area (Å²) in [5.41, 5.74) is 0.958. The van der Waals surface area contributed by atoms with E-state index in [9.17, 15) is 9.59 Å². The molecule has 2 amide bonds. The number of ether oxygens (including phenoxy) is 3. The molecule has 7 heteroatoms. The second-order valence-corrected chi connectivity index (χ2v) is 7.56. The fraction of sp³-hybridized carbons (Fsp3) is 0.440. The van der Waals surface area contributed by atoms with Crippen LogP contribution in [0.2, 0.25) is 0 Å². The standard InChI is InChI=1S/C25H32N2O5/c1-3-30-21-8-6-20(7-9-21)18-24(28)26-14-5-15-27(17-16-26)25(29)19-32-23-12-10-22(11-13-23)31-4-2/h6-13H,3-5,14-19H2,1-2H3. The zero-order valence-corrected chi connectivity index (χ0v) is 18.9. The molecule has 0 unspecified atom stereocenters. The molecule has 0 saturated carbocycles. The molecule has 1 heterocycles. The van der Waals surface area contributed by atoms with Crippen molar-refractivity contribution in [1.29, 1.82) is 0 Å². The van der Waals surface area contributed by atoms with Gasteiger partial charge in [0.1, 0.15) is 17.2 Å². The summed E-state index contributed by atoms with van der Waals surface area (Å²) in [5, 5.41) is 0. The fourth-order valence-corrected chi connectivity index (χ4v) is 3.61. The molecule has 3 rings (SSSR count). The summed E-state index contributed by atoms with van der Waals surface area (Å²) >= 11 is 0. The molecule has 1 aliphatic rings. The number of nitrogens with zero attached hydrogens (tertiary/aromatic N) is 2. The van der Waals surface area contributed by atoms with Crippen molar-refractivity contribution in [3.8, 4) is 17.2 Å². The van der Waals surface area contributed by atoms with E-state index in [0.717, 1.165) is 23.5 Å². The summed E-state index contributed by atoms with van der Waals surface area (Å²) in [5.74, 6) is 2.21. The fourth-order valence-electron chi connectivity index (χ4n) is 3.61. The van der Waals surface area contributed by atoms with Gasteiger partial charge in [0.2, 0.25) is 5.91 Å². The van der Waals surface area contributed by atoms with Gasteiger partial charge in [-0.05, 0) is 62.2 Å². The number of rotatable bonds is 9. The maximum Gasteiger partial charge on any atom is 0.260 e. The predicted octanol–water partition coefficient (Wildman–Crippen LogP) is 3.17. The molecule has 32 heavy (non-hydrogen) atoms. The lowest BCUT2D eigenvalue weighted by Gasteiger charge is -2.22. The van der Waals surface area contributed by atoms with Crippen molar-refractivity contribution in [2.45, 2.75) is 26.7 Å². The smallest absolute Gasteiger partial charge is 0.260 e. The molecule has 2 aromatic carbocycles. The minimum atomic E-state index is -0.0697. The van der Waals surface area contributed by atoms with Crippen molar-refractivity contribution in [2.24, 2.45) is 0 Å². The second-order valence-electron chi connectivity index (χ2n) is 7.56. The van der Waals surface area contributed by atoms with Gasteiger partial charge in [-0.15, -0.1) is 0 Å². The van der Waals surface area contributed by atoms with Gasteiger partial charge < -0.3 is 24.0 Å². The lowest BCUT2D eigenvalue weighted by atomic mass is 10.1. The number of carbonyl (C=O) groups excluding carboxylic acids is 2. The monoisotopic (exact) mass is 440 g/mol. The SMILES string of the molecule is CCOc1ccc(CC(=O)N2CCCN(C(=O)COc3ccc(OCC)cc3)CC2)cc1. The third-order valence-corrected chi connectivity index (χ3v) is 5.29. The van der Waals surface area contributed by atoms with Crippen molar-refractivity contribution in [1.82, 2.24) is 9.80 Å². The Bertz CT molecular complexity index is 867. The molecule has 0 radical (unpaired) electrons. The topological polar surface area (TPSA) is 68.3 Å². The molecule has 2 aromatic rings. The van der Waals surface area contributed by atoms with E-state index in [0.29, 0.717) is 51.6 Å². The molecule has 172 valence electrons. The van der Waals surface area contributed by atoms with E-state index < -0.39 is 0 Å². The van der Waals surface area contributed by atoms with Crippen LogP contribution in [0.15, 0.2) is 48.5 Å². The lowest BCUT2D eigenvalue weighted by Crippen LogP contribution is -2.39. The average molecular weight is 441 g/mol. The zero-order chi connectivity index (χ0) is 22.8. The van der Waals surface area contributed by atoms with Crippen LogP contribution < -0.4 is 14.2 Å². The van der Waals surface area contributed by atoms with Crippen molar-refractivity contribution in [2.75, 3.05) is 46.0 Å². The molecular formula is C25H32N2O5. The molecule has 7 nitrogen and oxygen atoms in total. The molecule has 1 saturated heterocycles. The minimum Gasteiger partial charge on any atom is -0.494 e. The molecule has 0 atom stereocenters. The maximum absolute atomic E-state index is 12.7. The van der Waals surface area contributed by atoms with Gasteiger partial charge in [0.05, 0.1) is 19.6 Å². The van der Waals surface area contributed by atoms with E-state index in [1.807, 2.05) is 55.1 Å². The van der Waals surface area contributed by atoms with Crippen molar-refractivity contribution in [3.63, 3.8) is 0 Å². The molecule has 1 aliphatic heterocycles. The van der Waals surface area contributed by atoms with Gasteiger partial charge in [-0.3, -0.25) is 9.59 Å². The van der Waals surface area contributed by atoms with Crippen LogP contribution in [0.4, 0.5) is 0 Å². The highest BCUT2D eigenvalue weighted by Gasteiger charge is 2.22. The average Bonchev–Trinajstić information content (AvgIpc) is 3.07. The van der Waals surface area contributed by atoms with E-state index in [1.165, 1.54) is 0 Å². The summed E-state index contributed by atoms with van der Waals surface area (Å²) < 4.78 is 16.5. The normalized spacial score (nSPS) is 13.9. The first kappa shape index (κ1) is 23.4. The Morgan fingerprint density at radius 3 is 1.69 bits per heavy atom. The Labute approximate surface area is 189 Å². The van der Waals surface area contributed by atoms with Crippen molar-refractivity contribution >= 4 is 11.8 Å². The Kier molecular flexibility index (Phi) is 8.78. The third kappa shape index (κ3) is 6.90. The van der Waals surface area contributed by atoms with Crippen LogP contribution in [0.3, 0.4) is 0 Å². The highest BCUT2D eigenvalue weighted by Crippen LogP contribution is 2.18. The van der Waals surface area contributed by atoms with Crippen LogP contribution in [0.5, 0.6) is 17.2 Å². The van der Waals surface area contributed by atoms with Crippen molar-refractivity contribution < 1.29 is 23.8 Å². The lowest BCUT2D eigenvalue weighted by molar-refractivity contribution is -0.134. The van der Waals surface area contributed by atoms with Crippen LogP contribution in [0.1, 0.15) is 25.8 Å². The van der Waals surface area contributed by atoms with Gasteiger partial charge in [-0.1, -0.05) is 12.1 Å². The highest BCUT2D eigenvalue weighted by atomic mass is 16.5. The number of hydrogen-bond acceptors (Lipinski definition) is 5. The van der Waals surface area contributed by atoms with E-state index in [2.05, 4.69) is 0 Å². The van der Waals surface area contributed by atoms with E-state index in [-0.39, 0.29) is 18.4 Å². The van der Waals surface area contributed by atoms with E-state index >= 15 is 0 Å². The Balaban J connectivity index is 1.45. The summed E-state index contributed by atoms with van der Waals surface area (Å²) in [4.78, 5) is 29.0. The summed E-state index contributed by atoms with van der Waals surface area (Å²) in [7, 11) is 0. The first-order valence-electron chi connectivity index (χ1n) is 11.2. The number of hydrogen-bond donors (Lipinski definition) is 0. The van der Waals surface area contributed by atoms with E-state index in [4.69, 9.17) is 14.2 Å². The van der Waals surface area contributed by atoms with Crippen LogP contribution in [-0.4, -0.2) is 67.6 Å². The van der Waals surface area contributed by atoms with E-state index in [1.54, 1.807) is 17.0 Å². The third-order valence-electron chi connectivity index (χ3n) is 5.29. The first-order chi connectivity index (χ1) is 15.6. The molecular weight excluding hydrogens is 408 g/mol. The number of benzene rings is 2. The minimum absolute atomic E-state index is 0.0197. The highest BCUT2D eigenvalue weighted by molar-refractivity contribution is 5.80. The molecule has 1 fully saturated rings. The summed E-state index contributed by atoms with van der Waals surface area (Å²) in [6.45, 7) is 7.40. The summed E-state index contributed by atoms with van der Waals surface area (Å²) in [6, 6.07) is 14.9. The molecule has 0 bridgehead atoms. The zero-order valence-electron chi connectivity index (χ0n) is 18.9. The van der Waals surface area contributed by atoms with Gasteiger partial charge in [0, 0.05) is 26.2 Å². The van der Waals surface area contributed by atoms with Crippen LogP contribution in [0, 0.1) is 0 Å². The van der Waals surface area contributed by atoms with Gasteiger partial charge in [-0.2, -0.15) is 0 Å². The molecule has 0 aliphatic carbocycles. The van der Waals surface area contributed by atoms with Crippen LogP contribution in [0.25, 0.3) is 0 Å². The Hall–Kier alpha value is -3.22. The molecule has 0 aromatic heterocycles. The summed E-state index contributed by atoms with van der Waals surface area (Å²) in [6.07, 6.45) is 1.10. The van der Waals surface area contributed by atoms with Crippen LogP contribution in [-0.2, 0) is 16.0 Å². The van der Waals surface area contributed by atoms with Crippen molar-refractivity contribution in [3.05, 3.63) is 54.1 Å². The van der Waals surface area contributed by atoms with Gasteiger partial charge >= 0.3 is 0 Å². The number of amides is 2. The van der Waals surface area contributed by atoms with Gasteiger partial charge in [-0.25, -0.2) is 0 Å². The first-order valence-corrected chi connectivity index (χ1v) is 11.2. The van der Waals surface area contributed by atoms with Gasteiger partial charge in [0.15, 0.2) is 6.61 Å². The number of carbonyl (C=O) groups is 2. The predicted molar refractivity (Wildman–Crippen MR) is 122 cm³/mol. The molecule has 0 spiro atoms. The van der Waals surface area contributed by atoms with Crippen LogP contribution >= 0.6 is 0 Å². The Morgan fingerprint density at radius 2 is 1.16 bits per heavy atom. The second kappa shape index (κ2) is 12.0. The van der Waals surface area contributed by atoms with Gasteiger partial charge in [0.25, 0.3) is 5.91 Å². The maximum atomic E-state index is 12.7.